The van der Waals surface area contributed by atoms with Crippen molar-refractivity contribution in [3.63, 3.8) is 0 Å². The summed E-state index contributed by atoms with van der Waals surface area (Å²) in [4.78, 5) is 0. The first kappa shape index (κ1) is 9.78. The number of nitrogens with one attached hydrogen (secondary N) is 1. The molecule has 14 heavy (non-hydrogen) atoms. The van der Waals surface area contributed by atoms with Crippen LogP contribution in [0.3, 0.4) is 0 Å². The molecular formula is C12H20N2. The zero-order valence-electron chi connectivity index (χ0n) is 9.00. The molecule has 1 aromatic rings. The second-order valence-corrected chi connectivity index (χ2v) is 4.26. The van der Waals surface area contributed by atoms with Crippen molar-refractivity contribution in [3.05, 3.63) is 24.0 Å². The van der Waals surface area contributed by atoms with Crippen LogP contribution in [-0.4, -0.2) is 11.1 Å². The molecule has 0 amide bonds. The largest absolute Gasteiger partial charge is 0.354 e. The lowest BCUT2D eigenvalue weighted by Gasteiger charge is -2.01. The van der Waals surface area contributed by atoms with E-state index in [4.69, 9.17) is 0 Å². The Labute approximate surface area is 86.3 Å². The molecular weight excluding hydrogens is 172 g/mol. The van der Waals surface area contributed by atoms with E-state index < -0.39 is 0 Å². The van der Waals surface area contributed by atoms with Gasteiger partial charge in [-0.3, -0.25) is 0 Å². The molecule has 78 valence electrons. The summed E-state index contributed by atoms with van der Waals surface area (Å²) in [6.45, 7) is 5.45. The van der Waals surface area contributed by atoms with Crippen LogP contribution in [0.25, 0.3) is 0 Å². The van der Waals surface area contributed by atoms with Crippen LogP contribution in [-0.2, 0) is 13.1 Å². The fraction of sp³-hybridized carbons (Fsp3) is 0.667. The van der Waals surface area contributed by atoms with Crippen molar-refractivity contribution in [2.24, 2.45) is 5.92 Å². The van der Waals surface area contributed by atoms with Crippen LogP contribution < -0.4 is 5.32 Å². The molecule has 0 radical (unpaired) electrons. The van der Waals surface area contributed by atoms with Gasteiger partial charge >= 0.3 is 0 Å². The Morgan fingerprint density at radius 1 is 1.50 bits per heavy atom. The number of rotatable bonds is 6. The monoisotopic (exact) mass is 192 g/mol. The third-order valence-electron chi connectivity index (χ3n) is 2.93. The first-order valence-corrected chi connectivity index (χ1v) is 5.74. The average molecular weight is 192 g/mol. The van der Waals surface area contributed by atoms with Crippen LogP contribution in [0.2, 0.25) is 0 Å². The molecule has 1 aliphatic carbocycles. The number of aryl methyl sites for hydroxylation is 1. The predicted molar refractivity (Wildman–Crippen MR) is 59.2 cm³/mol. The molecule has 0 spiro atoms. The molecule has 1 heterocycles. The number of aromatic nitrogens is 1. The van der Waals surface area contributed by atoms with Gasteiger partial charge in [0.2, 0.25) is 0 Å². The molecule has 1 aromatic heterocycles. The summed E-state index contributed by atoms with van der Waals surface area (Å²) in [6, 6.07) is 2.20. The molecule has 2 nitrogen and oxygen atoms in total. The highest BCUT2D eigenvalue weighted by molar-refractivity contribution is 5.09. The van der Waals surface area contributed by atoms with Crippen LogP contribution >= 0.6 is 0 Å². The molecule has 1 aliphatic rings. The Balaban J connectivity index is 1.63. The van der Waals surface area contributed by atoms with Crippen molar-refractivity contribution >= 4 is 0 Å². The molecule has 0 unspecified atom stereocenters. The maximum atomic E-state index is 3.50. The van der Waals surface area contributed by atoms with Crippen LogP contribution in [0.5, 0.6) is 0 Å². The topological polar surface area (TPSA) is 17.0 Å². The van der Waals surface area contributed by atoms with Gasteiger partial charge in [-0.25, -0.2) is 0 Å². The van der Waals surface area contributed by atoms with E-state index in [1.807, 2.05) is 0 Å². The molecule has 0 atom stereocenters. The molecule has 2 rings (SSSR count). The minimum absolute atomic E-state index is 1.03. The third kappa shape index (κ3) is 2.88. The maximum Gasteiger partial charge on any atom is 0.0220 e. The first-order chi connectivity index (χ1) is 6.88. The standard InChI is InChI=1S/C12H20N2/c1-2-14-8-6-12(10-14)9-13-7-5-11-3-4-11/h6,8,10-11,13H,2-5,7,9H2,1H3. The minimum atomic E-state index is 1.03. The minimum Gasteiger partial charge on any atom is -0.354 e. The second-order valence-electron chi connectivity index (χ2n) is 4.26. The van der Waals surface area contributed by atoms with Gasteiger partial charge in [-0.15, -0.1) is 0 Å². The van der Waals surface area contributed by atoms with Gasteiger partial charge in [-0.1, -0.05) is 12.8 Å². The molecule has 2 heteroatoms. The summed E-state index contributed by atoms with van der Waals surface area (Å²) in [5, 5.41) is 3.50. The lowest BCUT2D eigenvalue weighted by molar-refractivity contribution is 0.612. The van der Waals surface area contributed by atoms with E-state index in [0.29, 0.717) is 0 Å². The number of hydrogen-bond donors (Lipinski definition) is 1. The second kappa shape index (κ2) is 4.65. The van der Waals surface area contributed by atoms with Crippen molar-refractivity contribution < 1.29 is 0 Å². The van der Waals surface area contributed by atoms with E-state index in [0.717, 1.165) is 19.0 Å². The van der Waals surface area contributed by atoms with E-state index in [2.05, 4.69) is 35.3 Å². The zero-order chi connectivity index (χ0) is 9.80. The van der Waals surface area contributed by atoms with Crippen LogP contribution in [0.1, 0.15) is 31.7 Å². The third-order valence-corrected chi connectivity index (χ3v) is 2.93. The van der Waals surface area contributed by atoms with E-state index in [9.17, 15) is 0 Å². The normalized spacial score (nSPS) is 16.1. The van der Waals surface area contributed by atoms with Crippen molar-refractivity contribution in [1.82, 2.24) is 9.88 Å². The summed E-state index contributed by atoms with van der Waals surface area (Å²) in [7, 11) is 0. The number of hydrogen-bond acceptors (Lipinski definition) is 1. The molecule has 0 saturated heterocycles. The van der Waals surface area contributed by atoms with E-state index in [-0.39, 0.29) is 0 Å². The van der Waals surface area contributed by atoms with Gasteiger partial charge in [-0.2, -0.15) is 0 Å². The number of nitrogens with zero attached hydrogens (tertiary/aromatic N) is 1. The summed E-state index contributed by atoms with van der Waals surface area (Å²) >= 11 is 0. The highest BCUT2D eigenvalue weighted by atomic mass is 14.9. The van der Waals surface area contributed by atoms with Crippen molar-refractivity contribution in [2.45, 2.75) is 39.3 Å². The van der Waals surface area contributed by atoms with Crippen molar-refractivity contribution in [1.29, 1.82) is 0 Å². The summed E-state index contributed by atoms with van der Waals surface area (Å²) in [5.74, 6) is 1.04. The van der Waals surface area contributed by atoms with Gasteiger partial charge < -0.3 is 9.88 Å². The molecule has 1 fully saturated rings. The Kier molecular flexibility index (Phi) is 3.25. The Morgan fingerprint density at radius 3 is 3.00 bits per heavy atom. The maximum absolute atomic E-state index is 3.50. The quantitative estimate of drug-likeness (QED) is 0.685. The molecule has 1 saturated carbocycles. The van der Waals surface area contributed by atoms with Crippen LogP contribution in [0, 0.1) is 5.92 Å². The molecule has 0 aromatic carbocycles. The van der Waals surface area contributed by atoms with Gasteiger partial charge in [0.05, 0.1) is 0 Å². The van der Waals surface area contributed by atoms with Gasteiger partial charge in [0.15, 0.2) is 0 Å². The Morgan fingerprint density at radius 2 is 2.36 bits per heavy atom. The zero-order valence-corrected chi connectivity index (χ0v) is 9.00. The Hall–Kier alpha value is -0.760. The average Bonchev–Trinajstić information content (AvgIpc) is 2.91. The Bertz CT molecular complexity index is 274. The molecule has 0 bridgehead atoms. The highest BCUT2D eigenvalue weighted by Gasteiger charge is 2.19. The van der Waals surface area contributed by atoms with E-state index >= 15 is 0 Å². The lowest BCUT2D eigenvalue weighted by atomic mass is 10.3. The van der Waals surface area contributed by atoms with Crippen molar-refractivity contribution in [3.8, 4) is 0 Å². The highest BCUT2D eigenvalue weighted by Crippen LogP contribution is 2.31. The smallest absolute Gasteiger partial charge is 0.0220 e. The van der Waals surface area contributed by atoms with Gasteiger partial charge in [0.1, 0.15) is 0 Å². The summed E-state index contributed by atoms with van der Waals surface area (Å²) in [6.07, 6.45) is 8.68. The van der Waals surface area contributed by atoms with Crippen LogP contribution in [0.15, 0.2) is 18.5 Å². The van der Waals surface area contributed by atoms with E-state index in [1.165, 1.54) is 31.4 Å². The summed E-state index contributed by atoms with van der Waals surface area (Å²) in [5.41, 5.74) is 1.41. The van der Waals surface area contributed by atoms with Gasteiger partial charge in [-0.05, 0) is 37.4 Å². The lowest BCUT2D eigenvalue weighted by Crippen LogP contribution is -2.14. The van der Waals surface area contributed by atoms with Gasteiger partial charge in [0.25, 0.3) is 0 Å². The van der Waals surface area contributed by atoms with Crippen molar-refractivity contribution in [2.75, 3.05) is 6.54 Å². The summed E-state index contributed by atoms with van der Waals surface area (Å²) < 4.78 is 2.22. The SMILES string of the molecule is CCn1ccc(CNCCC2CC2)c1. The fourth-order valence-corrected chi connectivity index (χ4v) is 1.74. The van der Waals surface area contributed by atoms with E-state index in [1.54, 1.807) is 0 Å². The predicted octanol–water partition coefficient (Wildman–Crippen LogP) is 2.40. The first-order valence-electron chi connectivity index (χ1n) is 5.74. The van der Waals surface area contributed by atoms with Crippen LogP contribution in [0.4, 0.5) is 0 Å². The molecule has 1 N–H and O–H groups in total. The molecule has 0 aliphatic heterocycles. The fourth-order valence-electron chi connectivity index (χ4n) is 1.74. The van der Waals surface area contributed by atoms with Gasteiger partial charge in [0, 0.05) is 25.5 Å².